The first kappa shape index (κ1) is 12.6. The van der Waals surface area contributed by atoms with Gasteiger partial charge in [0.05, 0.1) is 0 Å². The molecule has 3 nitrogen and oxygen atoms in total. The molecule has 88 valence electrons. The number of carbonyl (C=O) groups is 1. The lowest BCUT2D eigenvalue weighted by Gasteiger charge is -2.17. The summed E-state index contributed by atoms with van der Waals surface area (Å²) in [7, 11) is 0. The number of hydrogen-bond acceptors (Lipinski definition) is 2. The van der Waals surface area contributed by atoms with E-state index < -0.39 is 12.0 Å². The zero-order valence-electron chi connectivity index (χ0n) is 9.40. The Morgan fingerprint density at radius 3 is 2.69 bits per heavy atom. The van der Waals surface area contributed by atoms with E-state index in [1.54, 1.807) is 12.1 Å². The van der Waals surface area contributed by atoms with E-state index in [-0.39, 0.29) is 18.3 Å². The summed E-state index contributed by atoms with van der Waals surface area (Å²) in [6.07, 6.45) is 0.283. The van der Waals surface area contributed by atoms with Crippen molar-refractivity contribution in [2.75, 3.05) is 0 Å². The van der Waals surface area contributed by atoms with Gasteiger partial charge in [-0.15, -0.1) is 0 Å². The summed E-state index contributed by atoms with van der Waals surface area (Å²) in [6.45, 7) is 3.75. The predicted octanol–water partition coefficient (Wildman–Crippen LogP) is 1.82. The van der Waals surface area contributed by atoms with Crippen LogP contribution in [0.4, 0.5) is 4.39 Å². The molecule has 0 amide bonds. The molecule has 0 aliphatic rings. The van der Waals surface area contributed by atoms with Crippen LogP contribution in [-0.2, 0) is 11.2 Å². The minimum Gasteiger partial charge on any atom is -0.480 e. The predicted molar refractivity (Wildman–Crippen MR) is 59.8 cm³/mol. The molecule has 1 aromatic carbocycles. The topological polar surface area (TPSA) is 49.3 Å². The molecule has 1 aromatic rings. The molecule has 0 radical (unpaired) electrons. The maximum absolute atomic E-state index is 12.9. The Labute approximate surface area is 94.3 Å². The summed E-state index contributed by atoms with van der Waals surface area (Å²) >= 11 is 0. The molecule has 0 bridgehead atoms. The monoisotopic (exact) mass is 225 g/mol. The largest absolute Gasteiger partial charge is 0.480 e. The van der Waals surface area contributed by atoms with Crippen LogP contribution in [0.15, 0.2) is 24.3 Å². The van der Waals surface area contributed by atoms with Crippen LogP contribution in [0.1, 0.15) is 19.4 Å². The first-order valence-corrected chi connectivity index (χ1v) is 5.22. The summed E-state index contributed by atoms with van der Waals surface area (Å²) in [4.78, 5) is 11.0. The second kappa shape index (κ2) is 5.61. The molecule has 0 saturated heterocycles. The summed E-state index contributed by atoms with van der Waals surface area (Å²) in [5, 5.41) is 11.9. The van der Waals surface area contributed by atoms with E-state index >= 15 is 0 Å². The van der Waals surface area contributed by atoms with E-state index in [1.807, 2.05) is 13.8 Å². The lowest BCUT2D eigenvalue weighted by molar-refractivity contribution is -0.139. The first-order valence-electron chi connectivity index (χ1n) is 5.22. The molecule has 0 spiro atoms. The fourth-order valence-electron chi connectivity index (χ4n) is 1.52. The number of halogens is 1. The van der Waals surface area contributed by atoms with E-state index in [4.69, 9.17) is 5.11 Å². The SMILES string of the molecule is CC(C)N[C@@H](Cc1cccc(F)c1)C(=O)O. The van der Waals surface area contributed by atoms with Crippen LogP contribution >= 0.6 is 0 Å². The summed E-state index contributed by atoms with van der Waals surface area (Å²) in [5.41, 5.74) is 0.681. The minimum atomic E-state index is -0.919. The maximum Gasteiger partial charge on any atom is 0.321 e. The Morgan fingerprint density at radius 2 is 2.19 bits per heavy atom. The van der Waals surface area contributed by atoms with Gasteiger partial charge in [0.2, 0.25) is 0 Å². The van der Waals surface area contributed by atoms with Crippen LogP contribution in [0.5, 0.6) is 0 Å². The van der Waals surface area contributed by atoms with Crippen LogP contribution in [-0.4, -0.2) is 23.2 Å². The number of rotatable bonds is 5. The number of carboxylic acid groups (broad SMARTS) is 1. The van der Waals surface area contributed by atoms with Crippen molar-refractivity contribution in [3.63, 3.8) is 0 Å². The number of carboxylic acids is 1. The lowest BCUT2D eigenvalue weighted by Crippen LogP contribution is -2.42. The molecule has 0 saturated carbocycles. The molecule has 4 heteroatoms. The first-order chi connectivity index (χ1) is 7.49. The van der Waals surface area contributed by atoms with Crippen LogP contribution in [0.3, 0.4) is 0 Å². The van der Waals surface area contributed by atoms with Gasteiger partial charge in [-0.1, -0.05) is 26.0 Å². The van der Waals surface area contributed by atoms with Gasteiger partial charge >= 0.3 is 5.97 Å². The van der Waals surface area contributed by atoms with Crippen LogP contribution in [0.2, 0.25) is 0 Å². The van der Waals surface area contributed by atoms with Crippen LogP contribution < -0.4 is 5.32 Å². The average Bonchev–Trinajstić information content (AvgIpc) is 2.15. The van der Waals surface area contributed by atoms with Crippen molar-refractivity contribution in [2.24, 2.45) is 0 Å². The highest BCUT2D eigenvalue weighted by Crippen LogP contribution is 2.07. The summed E-state index contributed by atoms with van der Waals surface area (Å²) in [6, 6.07) is 5.41. The van der Waals surface area contributed by atoms with Gasteiger partial charge in [-0.05, 0) is 24.1 Å². The molecule has 0 unspecified atom stereocenters. The van der Waals surface area contributed by atoms with E-state index in [0.717, 1.165) is 0 Å². The normalized spacial score (nSPS) is 12.8. The quantitative estimate of drug-likeness (QED) is 0.803. The fraction of sp³-hybridized carbons (Fsp3) is 0.417. The highest BCUT2D eigenvalue weighted by Gasteiger charge is 2.18. The fourth-order valence-corrected chi connectivity index (χ4v) is 1.52. The van der Waals surface area contributed by atoms with E-state index in [2.05, 4.69) is 5.32 Å². The van der Waals surface area contributed by atoms with Gasteiger partial charge in [0, 0.05) is 6.04 Å². The Hall–Kier alpha value is -1.42. The molecule has 0 aliphatic heterocycles. The number of hydrogen-bond donors (Lipinski definition) is 2. The van der Waals surface area contributed by atoms with Crippen molar-refractivity contribution in [3.8, 4) is 0 Å². The van der Waals surface area contributed by atoms with E-state index in [9.17, 15) is 9.18 Å². The van der Waals surface area contributed by atoms with Gasteiger partial charge in [-0.25, -0.2) is 4.39 Å². The molecular formula is C12H16FNO2. The van der Waals surface area contributed by atoms with Gasteiger partial charge in [0.25, 0.3) is 0 Å². The van der Waals surface area contributed by atoms with Gasteiger partial charge in [0.15, 0.2) is 0 Å². The third-order valence-corrected chi connectivity index (χ3v) is 2.16. The van der Waals surface area contributed by atoms with Crippen molar-refractivity contribution in [1.29, 1.82) is 0 Å². The van der Waals surface area contributed by atoms with Crippen molar-refractivity contribution < 1.29 is 14.3 Å². The van der Waals surface area contributed by atoms with Crippen LogP contribution in [0.25, 0.3) is 0 Å². The van der Waals surface area contributed by atoms with E-state index in [1.165, 1.54) is 12.1 Å². The standard InChI is InChI=1S/C12H16FNO2/c1-8(2)14-11(12(15)16)7-9-4-3-5-10(13)6-9/h3-6,8,11,14H,7H2,1-2H3,(H,15,16)/t11-/m0/s1. The highest BCUT2D eigenvalue weighted by atomic mass is 19.1. The smallest absolute Gasteiger partial charge is 0.321 e. The van der Waals surface area contributed by atoms with Gasteiger partial charge in [0.1, 0.15) is 11.9 Å². The number of benzene rings is 1. The second-order valence-electron chi connectivity index (χ2n) is 4.05. The van der Waals surface area contributed by atoms with Gasteiger partial charge < -0.3 is 10.4 Å². The molecule has 0 heterocycles. The molecule has 2 N–H and O–H groups in total. The molecule has 0 fully saturated rings. The minimum absolute atomic E-state index is 0.0784. The van der Waals surface area contributed by atoms with Crippen molar-refractivity contribution in [3.05, 3.63) is 35.6 Å². The van der Waals surface area contributed by atoms with Crippen LogP contribution in [0, 0.1) is 5.82 Å². The highest BCUT2D eigenvalue weighted by molar-refractivity contribution is 5.73. The second-order valence-corrected chi connectivity index (χ2v) is 4.05. The molecule has 1 rings (SSSR count). The zero-order valence-corrected chi connectivity index (χ0v) is 9.40. The van der Waals surface area contributed by atoms with E-state index in [0.29, 0.717) is 5.56 Å². The average molecular weight is 225 g/mol. The Morgan fingerprint density at radius 1 is 1.50 bits per heavy atom. The molecule has 0 aromatic heterocycles. The molecule has 1 atom stereocenters. The van der Waals surface area contributed by atoms with Crippen molar-refractivity contribution >= 4 is 5.97 Å². The maximum atomic E-state index is 12.9. The summed E-state index contributed by atoms with van der Waals surface area (Å²) in [5.74, 6) is -1.26. The van der Waals surface area contributed by atoms with Crippen molar-refractivity contribution in [2.45, 2.75) is 32.4 Å². The molecule has 0 aliphatic carbocycles. The van der Waals surface area contributed by atoms with Crippen molar-refractivity contribution in [1.82, 2.24) is 5.32 Å². The Kier molecular flexibility index (Phi) is 4.43. The van der Waals surface area contributed by atoms with Gasteiger partial charge in [-0.3, -0.25) is 4.79 Å². The third kappa shape index (κ3) is 3.98. The zero-order chi connectivity index (χ0) is 12.1. The summed E-state index contributed by atoms with van der Waals surface area (Å²) < 4.78 is 12.9. The molecule has 16 heavy (non-hydrogen) atoms. The number of aliphatic carboxylic acids is 1. The third-order valence-electron chi connectivity index (χ3n) is 2.16. The molecular weight excluding hydrogens is 209 g/mol. The lowest BCUT2D eigenvalue weighted by atomic mass is 10.1. The Bertz CT molecular complexity index is 366. The van der Waals surface area contributed by atoms with Gasteiger partial charge in [-0.2, -0.15) is 0 Å². The Balaban J connectivity index is 2.71. The number of nitrogens with one attached hydrogen (secondary N) is 1.